The van der Waals surface area contributed by atoms with E-state index in [4.69, 9.17) is 10.1 Å². The Kier molecular flexibility index (Phi) is 5.29. The number of hydrogen-bond donors (Lipinski definition) is 2. The van der Waals surface area contributed by atoms with Crippen LogP contribution in [0.2, 0.25) is 0 Å². The highest BCUT2D eigenvalue weighted by molar-refractivity contribution is 6.04. The van der Waals surface area contributed by atoms with Crippen molar-refractivity contribution in [3.05, 3.63) is 84.9 Å². The van der Waals surface area contributed by atoms with Crippen LogP contribution >= 0.6 is 0 Å². The highest BCUT2D eigenvalue weighted by Crippen LogP contribution is 2.27. The van der Waals surface area contributed by atoms with Crippen molar-refractivity contribution in [2.45, 2.75) is 20.8 Å². The number of benzene rings is 3. The first-order valence-electron chi connectivity index (χ1n) is 10.2. The first kappa shape index (κ1) is 21.9. The number of aliphatic hydroxyl groups is 1. The zero-order valence-corrected chi connectivity index (χ0v) is 18.2. The molecule has 0 fully saturated rings. The first-order chi connectivity index (χ1) is 15.6. The minimum absolute atomic E-state index is 0.0866. The summed E-state index contributed by atoms with van der Waals surface area (Å²) in [5.41, 5.74) is -0.463. The summed E-state index contributed by atoms with van der Waals surface area (Å²) in [5, 5.41) is 18.9. The largest absolute Gasteiger partial charge is 0.512 e. The fourth-order valence-corrected chi connectivity index (χ4v) is 3.94. The van der Waals surface area contributed by atoms with Crippen LogP contribution in [-0.2, 0) is 4.74 Å². The average molecular weight is 444 g/mol. The average Bonchev–Trinajstić information content (AvgIpc) is 2.78. The predicted octanol–water partition coefficient (Wildman–Crippen LogP) is 2.16. The second-order valence-electron chi connectivity index (χ2n) is 7.65. The molecule has 0 bridgehead atoms. The van der Waals surface area contributed by atoms with E-state index in [2.05, 4.69) is 0 Å². The van der Waals surface area contributed by atoms with Gasteiger partial charge in [0.05, 0.1) is 29.0 Å². The van der Waals surface area contributed by atoms with Gasteiger partial charge in [-0.3, -0.25) is 19.8 Å². The van der Waals surface area contributed by atoms with Crippen molar-refractivity contribution in [1.29, 1.82) is 5.41 Å². The molecule has 1 aliphatic carbocycles. The molecule has 2 aromatic carbocycles. The van der Waals surface area contributed by atoms with Crippen molar-refractivity contribution < 1.29 is 19.4 Å². The van der Waals surface area contributed by atoms with Gasteiger partial charge in [0.1, 0.15) is 0 Å². The summed E-state index contributed by atoms with van der Waals surface area (Å²) in [4.78, 5) is 51.3. The lowest BCUT2D eigenvalue weighted by atomic mass is 9.91. The number of hydrogen-bond acceptors (Lipinski definition) is 7. The number of nitrogens with zero attached hydrogens (tertiary/aromatic N) is 1. The van der Waals surface area contributed by atoms with Gasteiger partial charge >= 0.3 is 5.97 Å². The summed E-state index contributed by atoms with van der Waals surface area (Å²) in [6.45, 7) is 4.57. The van der Waals surface area contributed by atoms with E-state index in [9.17, 15) is 24.3 Å². The highest BCUT2D eigenvalue weighted by atomic mass is 16.5. The number of nitrogens with one attached hydrogen (secondary N) is 1. The van der Waals surface area contributed by atoms with Gasteiger partial charge in [-0.15, -0.1) is 0 Å². The van der Waals surface area contributed by atoms with E-state index in [1.807, 2.05) is 0 Å². The Hall–Kier alpha value is -4.33. The van der Waals surface area contributed by atoms with Crippen molar-refractivity contribution in [3.8, 4) is 16.8 Å². The molecule has 8 heteroatoms. The van der Waals surface area contributed by atoms with Gasteiger partial charge in [-0.25, -0.2) is 9.36 Å². The van der Waals surface area contributed by atoms with Crippen LogP contribution < -0.4 is 21.7 Å². The highest BCUT2D eigenvalue weighted by Gasteiger charge is 2.24. The van der Waals surface area contributed by atoms with Gasteiger partial charge in [-0.2, -0.15) is 0 Å². The molecular formula is C25H20N2O6. The monoisotopic (exact) mass is 444 g/mol. The Bertz CT molecular complexity index is 1650. The zero-order valence-electron chi connectivity index (χ0n) is 18.2. The van der Waals surface area contributed by atoms with E-state index in [0.29, 0.717) is 0 Å². The maximum atomic E-state index is 13.5. The van der Waals surface area contributed by atoms with E-state index in [0.717, 1.165) is 4.57 Å². The van der Waals surface area contributed by atoms with Gasteiger partial charge in [0.25, 0.3) is 11.1 Å². The molecule has 2 aromatic rings. The standard InChI is InChI=1S/C25H20N2O6/c1-4-33-25(32)14-6-5-7-16(8-14)27-23(30)19-10-15(12(2)28)9-18-21(19)20(24(27)31)11-17(13(3)29)22(18)26/h5-11,26,29H,4H2,1-3H3/b17-13+,26-22?. The van der Waals surface area contributed by atoms with Crippen LogP contribution in [0, 0.1) is 5.41 Å². The van der Waals surface area contributed by atoms with Gasteiger partial charge in [0.15, 0.2) is 5.78 Å². The third kappa shape index (κ3) is 3.45. The van der Waals surface area contributed by atoms with E-state index in [-0.39, 0.29) is 67.4 Å². The Morgan fingerprint density at radius 1 is 1.00 bits per heavy atom. The van der Waals surface area contributed by atoms with Crippen molar-refractivity contribution in [1.82, 2.24) is 4.57 Å². The van der Waals surface area contributed by atoms with Crippen LogP contribution in [0.15, 0.2) is 52.1 Å². The molecule has 0 saturated carbocycles. The van der Waals surface area contributed by atoms with Gasteiger partial charge in [-0.05, 0) is 57.2 Å². The SMILES string of the molecule is CCOC(=O)c1cccc(-n2c(=O)c3c/c(=C(/C)O)c(=N)c4cc(C(C)=O)cc(c4-3)c2=O)c1. The topological polar surface area (TPSA) is 127 Å². The second kappa shape index (κ2) is 7.98. The minimum atomic E-state index is -0.682. The number of ether oxygens (including phenoxy) is 1. The Morgan fingerprint density at radius 2 is 1.70 bits per heavy atom. The van der Waals surface area contributed by atoms with Gasteiger partial charge in [0.2, 0.25) is 0 Å². The number of carbonyl (C=O) groups excluding carboxylic acids is 2. The van der Waals surface area contributed by atoms with Crippen molar-refractivity contribution in [2.75, 3.05) is 6.61 Å². The molecule has 8 nitrogen and oxygen atoms in total. The van der Waals surface area contributed by atoms with Crippen LogP contribution in [0.4, 0.5) is 0 Å². The number of esters is 1. The molecule has 1 aliphatic heterocycles. The van der Waals surface area contributed by atoms with E-state index >= 15 is 0 Å². The van der Waals surface area contributed by atoms with Gasteiger partial charge < -0.3 is 9.84 Å². The number of aromatic nitrogens is 1. The van der Waals surface area contributed by atoms with Crippen LogP contribution in [0.5, 0.6) is 0 Å². The molecule has 0 amide bonds. The number of rotatable bonds is 4. The molecule has 166 valence electrons. The molecule has 2 N–H and O–H groups in total. The molecule has 0 unspecified atom stereocenters. The number of carbonyl (C=O) groups is 2. The predicted molar refractivity (Wildman–Crippen MR) is 122 cm³/mol. The molecule has 2 aliphatic rings. The molecule has 0 aromatic heterocycles. The minimum Gasteiger partial charge on any atom is -0.512 e. The van der Waals surface area contributed by atoms with Crippen molar-refractivity contribution in [2.24, 2.45) is 0 Å². The molecule has 0 saturated heterocycles. The normalized spacial score (nSPS) is 12.2. The summed E-state index contributed by atoms with van der Waals surface area (Å²) in [7, 11) is 0. The lowest BCUT2D eigenvalue weighted by Crippen LogP contribution is -2.37. The van der Waals surface area contributed by atoms with Crippen molar-refractivity contribution >= 4 is 28.3 Å². The lowest BCUT2D eigenvalue weighted by Gasteiger charge is -2.16. The number of Topliss-reactive ketones (excluding diaryl/α,β-unsaturated/α-hetero) is 1. The molecule has 4 rings (SSSR count). The molecule has 0 spiro atoms. The molecular weight excluding hydrogens is 424 g/mol. The quantitative estimate of drug-likeness (QED) is 0.367. The fraction of sp³-hybridized carbons (Fsp3) is 0.160. The van der Waals surface area contributed by atoms with Crippen LogP contribution in [0.25, 0.3) is 33.3 Å². The lowest BCUT2D eigenvalue weighted by molar-refractivity contribution is 0.0526. The zero-order chi connectivity index (χ0) is 24.0. The third-order valence-corrected chi connectivity index (χ3v) is 5.51. The Morgan fingerprint density at radius 3 is 2.33 bits per heavy atom. The van der Waals surface area contributed by atoms with Gasteiger partial charge in [-0.1, -0.05) is 6.07 Å². The molecule has 0 radical (unpaired) electrons. The van der Waals surface area contributed by atoms with Gasteiger partial charge in [0, 0.05) is 32.7 Å². The molecule has 1 heterocycles. The first-order valence-corrected chi connectivity index (χ1v) is 10.2. The maximum Gasteiger partial charge on any atom is 0.338 e. The van der Waals surface area contributed by atoms with E-state index in [1.54, 1.807) is 6.92 Å². The summed E-state index contributed by atoms with van der Waals surface area (Å²) in [6, 6.07) is 10.2. The Labute approximate surface area is 187 Å². The smallest absolute Gasteiger partial charge is 0.338 e. The van der Waals surface area contributed by atoms with E-state index in [1.165, 1.54) is 56.3 Å². The summed E-state index contributed by atoms with van der Waals surface area (Å²) >= 11 is 0. The van der Waals surface area contributed by atoms with E-state index < -0.39 is 17.1 Å². The van der Waals surface area contributed by atoms with Crippen LogP contribution in [0.3, 0.4) is 0 Å². The second-order valence-corrected chi connectivity index (χ2v) is 7.65. The summed E-state index contributed by atoms with van der Waals surface area (Å²) in [6.07, 6.45) is 0. The summed E-state index contributed by atoms with van der Waals surface area (Å²) < 4.78 is 5.93. The van der Waals surface area contributed by atoms with Crippen LogP contribution in [-0.4, -0.2) is 28.0 Å². The maximum absolute atomic E-state index is 13.5. The molecule has 0 atom stereocenters. The number of pyridine rings is 1. The molecule has 33 heavy (non-hydrogen) atoms. The van der Waals surface area contributed by atoms with Crippen LogP contribution in [0.1, 0.15) is 41.5 Å². The van der Waals surface area contributed by atoms with Crippen molar-refractivity contribution in [3.63, 3.8) is 0 Å². The fourth-order valence-electron chi connectivity index (χ4n) is 3.94. The number of ketones is 1. The number of aliphatic hydroxyl groups excluding tert-OH is 1. The third-order valence-electron chi connectivity index (χ3n) is 5.51. The summed E-state index contributed by atoms with van der Waals surface area (Å²) in [5.74, 6) is -1.08. The Balaban J connectivity index is 2.21.